The minimum atomic E-state index is -0.342. The smallest absolute Gasteiger partial charge is 0.243 e. The van der Waals surface area contributed by atoms with E-state index in [0.717, 1.165) is 37.3 Å². The van der Waals surface area contributed by atoms with Gasteiger partial charge in [0.2, 0.25) is 5.91 Å². The average Bonchev–Trinajstić information content (AvgIpc) is 3.12. The van der Waals surface area contributed by atoms with Gasteiger partial charge in [0.05, 0.1) is 0 Å². The first-order valence-corrected chi connectivity index (χ1v) is 8.58. The van der Waals surface area contributed by atoms with Crippen molar-refractivity contribution in [3.8, 4) is 0 Å². The van der Waals surface area contributed by atoms with Gasteiger partial charge < -0.3 is 15.5 Å². The van der Waals surface area contributed by atoms with Crippen LogP contribution in [0.2, 0.25) is 0 Å². The van der Waals surface area contributed by atoms with Crippen LogP contribution in [0.3, 0.4) is 0 Å². The summed E-state index contributed by atoms with van der Waals surface area (Å²) < 4.78 is 13.0. The zero-order valence-electron chi connectivity index (χ0n) is 13.8. The highest BCUT2D eigenvalue weighted by molar-refractivity contribution is 5.95. The number of anilines is 2. The second-order valence-corrected chi connectivity index (χ2v) is 6.42. The molecule has 7 heteroatoms. The first-order chi connectivity index (χ1) is 12.2. The number of fused-ring (bicyclic) bond motifs is 1. The molecule has 1 fully saturated rings. The Hall–Kier alpha value is -2.54. The number of hydrogen-bond acceptors (Lipinski definition) is 5. The van der Waals surface area contributed by atoms with Gasteiger partial charge in [0, 0.05) is 36.6 Å². The Labute approximate surface area is 145 Å². The minimum Gasteiger partial charge on any atom is -0.353 e. The molecule has 2 heterocycles. The summed E-state index contributed by atoms with van der Waals surface area (Å²) >= 11 is 0. The molecule has 0 saturated carbocycles. The largest absolute Gasteiger partial charge is 0.353 e. The van der Waals surface area contributed by atoms with E-state index in [1.807, 2.05) is 0 Å². The lowest BCUT2D eigenvalue weighted by Crippen LogP contribution is -2.56. The molecule has 130 valence electrons. The maximum absolute atomic E-state index is 13.0. The molecule has 25 heavy (non-hydrogen) atoms. The van der Waals surface area contributed by atoms with Gasteiger partial charge in [-0.25, -0.2) is 14.4 Å². The van der Waals surface area contributed by atoms with Gasteiger partial charge in [0.1, 0.15) is 24.0 Å². The summed E-state index contributed by atoms with van der Waals surface area (Å²) in [6, 6.07) is 5.45. The van der Waals surface area contributed by atoms with E-state index in [4.69, 9.17) is 0 Å². The van der Waals surface area contributed by atoms with E-state index in [1.54, 1.807) is 18.5 Å². The fourth-order valence-corrected chi connectivity index (χ4v) is 3.50. The van der Waals surface area contributed by atoms with Gasteiger partial charge in [-0.3, -0.25) is 4.79 Å². The number of amides is 1. The zero-order valence-corrected chi connectivity index (χ0v) is 13.8. The lowest BCUT2D eigenvalue weighted by atomic mass is 10.1. The van der Waals surface area contributed by atoms with Crippen LogP contribution in [0.5, 0.6) is 0 Å². The van der Waals surface area contributed by atoms with E-state index in [0.29, 0.717) is 18.8 Å². The third-order valence-corrected chi connectivity index (χ3v) is 4.76. The van der Waals surface area contributed by atoms with Crippen LogP contribution in [0.15, 0.2) is 30.6 Å². The molecule has 1 unspecified atom stereocenters. The normalized spacial score (nSPS) is 19.6. The lowest BCUT2D eigenvalue weighted by molar-refractivity contribution is -0.118. The highest BCUT2D eigenvalue weighted by Gasteiger charge is 2.29. The fraction of sp³-hybridized carbons (Fsp3) is 0.389. The molecule has 0 bridgehead atoms. The van der Waals surface area contributed by atoms with Crippen LogP contribution in [0.4, 0.5) is 15.9 Å². The molecule has 4 rings (SSSR count). The highest BCUT2D eigenvalue weighted by atomic mass is 19.1. The van der Waals surface area contributed by atoms with E-state index >= 15 is 0 Å². The van der Waals surface area contributed by atoms with Crippen molar-refractivity contribution in [3.63, 3.8) is 0 Å². The van der Waals surface area contributed by atoms with E-state index in [9.17, 15) is 9.18 Å². The van der Waals surface area contributed by atoms with Gasteiger partial charge in [0.25, 0.3) is 0 Å². The molecule has 1 amide bonds. The van der Waals surface area contributed by atoms with Crippen molar-refractivity contribution in [1.29, 1.82) is 0 Å². The summed E-state index contributed by atoms with van der Waals surface area (Å²) in [5, 5.41) is 6.08. The number of rotatable bonds is 3. The van der Waals surface area contributed by atoms with Gasteiger partial charge >= 0.3 is 0 Å². The number of halogens is 1. The number of aryl methyl sites for hydroxylation is 1. The van der Waals surface area contributed by atoms with Crippen LogP contribution < -0.4 is 15.5 Å². The molecule has 2 aromatic rings. The molecule has 1 aromatic heterocycles. The molecule has 1 saturated heterocycles. The topological polar surface area (TPSA) is 70.2 Å². The molecule has 1 atom stereocenters. The Balaban J connectivity index is 1.47. The van der Waals surface area contributed by atoms with Gasteiger partial charge in [0.15, 0.2) is 0 Å². The van der Waals surface area contributed by atoms with Gasteiger partial charge in [-0.2, -0.15) is 0 Å². The van der Waals surface area contributed by atoms with E-state index in [2.05, 4.69) is 25.5 Å². The van der Waals surface area contributed by atoms with E-state index in [1.165, 1.54) is 17.7 Å². The minimum absolute atomic E-state index is 0.123. The summed E-state index contributed by atoms with van der Waals surface area (Å²) in [4.78, 5) is 23.5. The molecule has 1 aliphatic heterocycles. The monoisotopic (exact) mass is 341 g/mol. The Morgan fingerprint density at radius 3 is 2.92 bits per heavy atom. The summed E-state index contributed by atoms with van der Waals surface area (Å²) in [6.07, 6.45) is 4.74. The van der Waals surface area contributed by atoms with E-state index < -0.39 is 0 Å². The second-order valence-electron chi connectivity index (χ2n) is 6.42. The molecule has 2 N–H and O–H groups in total. The molecular formula is C18H20FN5O. The van der Waals surface area contributed by atoms with E-state index in [-0.39, 0.29) is 17.8 Å². The van der Waals surface area contributed by atoms with Crippen LogP contribution in [-0.2, 0) is 17.6 Å². The average molecular weight is 341 g/mol. The van der Waals surface area contributed by atoms with Crippen molar-refractivity contribution in [2.24, 2.45) is 0 Å². The van der Waals surface area contributed by atoms with Crippen molar-refractivity contribution in [3.05, 3.63) is 47.7 Å². The molecular weight excluding hydrogens is 321 g/mol. The highest BCUT2D eigenvalue weighted by Crippen LogP contribution is 2.28. The summed E-state index contributed by atoms with van der Waals surface area (Å²) in [5.74, 6) is 0.517. The maximum Gasteiger partial charge on any atom is 0.243 e. The summed E-state index contributed by atoms with van der Waals surface area (Å²) in [7, 11) is 0. The molecule has 6 nitrogen and oxygen atoms in total. The SMILES string of the molecule is O=C(Nc1ccc(F)cc1)C1CN(c2ncnc3c2CCC3)CCN1. The van der Waals surface area contributed by atoms with Crippen molar-refractivity contribution >= 4 is 17.4 Å². The van der Waals surface area contributed by atoms with Crippen molar-refractivity contribution in [1.82, 2.24) is 15.3 Å². The summed E-state index contributed by atoms with van der Waals surface area (Å²) in [5.41, 5.74) is 2.95. The maximum atomic E-state index is 13.0. The number of hydrogen-bond donors (Lipinski definition) is 2. The third kappa shape index (κ3) is 3.32. The van der Waals surface area contributed by atoms with Crippen LogP contribution in [0, 0.1) is 5.82 Å². The van der Waals surface area contributed by atoms with Crippen molar-refractivity contribution in [2.75, 3.05) is 29.9 Å². The van der Waals surface area contributed by atoms with Gasteiger partial charge in [-0.1, -0.05) is 0 Å². The van der Waals surface area contributed by atoms with Crippen LogP contribution in [0.25, 0.3) is 0 Å². The molecule has 0 spiro atoms. The van der Waals surface area contributed by atoms with Gasteiger partial charge in [-0.05, 0) is 43.5 Å². The Kier molecular flexibility index (Phi) is 4.31. The first kappa shape index (κ1) is 16.0. The summed E-state index contributed by atoms with van der Waals surface area (Å²) in [6.45, 7) is 2.07. The molecule has 2 aliphatic rings. The predicted octanol–water partition coefficient (Wildman–Crippen LogP) is 1.52. The van der Waals surface area contributed by atoms with Crippen LogP contribution in [0.1, 0.15) is 17.7 Å². The lowest BCUT2D eigenvalue weighted by Gasteiger charge is -2.34. The molecule has 1 aromatic carbocycles. The number of benzene rings is 1. The van der Waals surface area contributed by atoms with Crippen molar-refractivity contribution < 1.29 is 9.18 Å². The Bertz CT molecular complexity index is 780. The standard InChI is InChI=1S/C18H20FN5O/c19-12-4-6-13(7-5-12)23-18(25)16-10-24(9-8-20-16)17-14-2-1-3-15(14)21-11-22-17/h4-7,11,16,20H,1-3,8-10H2,(H,23,25). The number of piperazine rings is 1. The van der Waals surface area contributed by atoms with Gasteiger partial charge in [-0.15, -0.1) is 0 Å². The second kappa shape index (κ2) is 6.76. The van der Waals surface area contributed by atoms with Crippen molar-refractivity contribution in [2.45, 2.75) is 25.3 Å². The number of nitrogens with one attached hydrogen (secondary N) is 2. The number of carbonyl (C=O) groups excluding carboxylic acids is 1. The quantitative estimate of drug-likeness (QED) is 0.886. The molecule has 1 aliphatic carbocycles. The number of carbonyl (C=O) groups is 1. The van der Waals surface area contributed by atoms with Crippen LogP contribution >= 0.6 is 0 Å². The zero-order chi connectivity index (χ0) is 17.2. The Morgan fingerprint density at radius 1 is 1.24 bits per heavy atom. The molecule has 0 radical (unpaired) electrons. The Morgan fingerprint density at radius 2 is 2.08 bits per heavy atom. The first-order valence-electron chi connectivity index (χ1n) is 8.58. The third-order valence-electron chi connectivity index (χ3n) is 4.76. The van der Waals surface area contributed by atoms with Crippen LogP contribution in [-0.4, -0.2) is 41.6 Å². The number of nitrogens with zero attached hydrogens (tertiary/aromatic N) is 3. The predicted molar refractivity (Wildman–Crippen MR) is 93.1 cm³/mol. The fourth-order valence-electron chi connectivity index (χ4n) is 3.50. The number of aromatic nitrogens is 2.